The van der Waals surface area contributed by atoms with Crippen molar-refractivity contribution in [2.75, 3.05) is 7.11 Å². The van der Waals surface area contributed by atoms with E-state index < -0.39 is 12.0 Å². The number of methoxy groups -OCH3 is 1. The fourth-order valence-electron chi connectivity index (χ4n) is 2.17. The molecule has 0 aliphatic carbocycles. The van der Waals surface area contributed by atoms with Crippen LogP contribution in [0.4, 0.5) is 0 Å². The van der Waals surface area contributed by atoms with E-state index in [1.54, 1.807) is 6.07 Å². The number of nitrogens with one attached hydrogen (secondary N) is 1. The largest absolute Gasteiger partial charge is 0.480 e. The average Bonchev–Trinajstić information content (AvgIpc) is 3.02. The lowest BCUT2D eigenvalue weighted by Gasteiger charge is -2.14. The van der Waals surface area contributed by atoms with Gasteiger partial charge in [-0.25, -0.2) is 4.79 Å². The molecule has 2 N–H and O–H groups in total. The molecule has 2 aromatic rings. The zero-order chi connectivity index (χ0) is 17.5. The van der Waals surface area contributed by atoms with Gasteiger partial charge in [0, 0.05) is 25.3 Å². The Morgan fingerprint density at radius 2 is 2.04 bits per heavy atom. The molecule has 0 aliphatic heterocycles. The van der Waals surface area contributed by atoms with Crippen LogP contribution in [0, 0.1) is 6.92 Å². The Balaban J connectivity index is 1.88. The molecule has 1 amide bonds. The molecule has 0 spiro atoms. The van der Waals surface area contributed by atoms with Crippen LogP contribution in [-0.4, -0.2) is 35.3 Å². The van der Waals surface area contributed by atoms with Crippen LogP contribution < -0.4 is 10.1 Å². The van der Waals surface area contributed by atoms with E-state index in [2.05, 4.69) is 10.5 Å². The molecule has 0 unspecified atom stereocenters. The van der Waals surface area contributed by atoms with Crippen LogP contribution >= 0.6 is 0 Å². The highest BCUT2D eigenvalue weighted by atomic mass is 16.5. The number of benzene rings is 1. The summed E-state index contributed by atoms with van der Waals surface area (Å²) in [7, 11) is 1.47. The highest BCUT2D eigenvalue weighted by Gasteiger charge is 2.20. The van der Waals surface area contributed by atoms with Gasteiger partial charge in [0.2, 0.25) is 5.91 Å². The number of rotatable bonds is 8. The monoisotopic (exact) mass is 332 g/mol. The molecule has 7 nitrogen and oxygen atoms in total. The molecular weight excluding hydrogens is 312 g/mol. The highest BCUT2D eigenvalue weighted by Crippen LogP contribution is 2.12. The number of hydrogen-bond acceptors (Lipinski definition) is 5. The summed E-state index contributed by atoms with van der Waals surface area (Å²) in [6.45, 7) is 1.96. The number of aliphatic carboxylic acids is 1. The number of carbonyl (C=O) groups excluding carboxylic acids is 1. The van der Waals surface area contributed by atoms with E-state index in [4.69, 9.17) is 9.26 Å². The lowest BCUT2D eigenvalue weighted by molar-refractivity contribution is -0.141. The molecule has 2 rings (SSSR count). The van der Waals surface area contributed by atoms with Crippen molar-refractivity contribution in [3.8, 4) is 5.88 Å². The van der Waals surface area contributed by atoms with Gasteiger partial charge in [0.1, 0.15) is 11.8 Å². The first-order chi connectivity index (χ1) is 11.5. The quantitative estimate of drug-likeness (QED) is 0.763. The number of aryl methyl sites for hydroxylation is 2. The molecule has 128 valence electrons. The van der Waals surface area contributed by atoms with Crippen molar-refractivity contribution >= 4 is 11.9 Å². The van der Waals surface area contributed by atoms with Crippen molar-refractivity contribution < 1.29 is 24.0 Å². The minimum absolute atomic E-state index is 0.107. The first-order valence-electron chi connectivity index (χ1n) is 7.55. The molecule has 0 bridgehead atoms. The third kappa shape index (κ3) is 5.12. The van der Waals surface area contributed by atoms with Crippen molar-refractivity contribution in [3.63, 3.8) is 0 Å². The van der Waals surface area contributed by atoms with E-state index in [0.29, 0.717) is 18.1 Å². The Morgan fingerprint density at radius 3 is 2.62 bits per heavy atom. The van der Waals surface area contributed by atoms with Gasteiger partial charge < -0.3 is 19.7 Å². The summed E-state index contributed by atoms with van der Waals surface area (Å²) < 4.78 is 9.88. The molecule has 0 aliphatic rings. The van der Waals surface area contributed by atoms with Crippen molar-refractivity contribution in [2.24, 2.45) is 0 Å². The maximum absolute atomic E-state index is 12.0. The Labute approximate surface area is 139 Å². The first-order valence-corrected chi connectivity index (χ1v) is 7.55. The Kier molecular flexibility index (Phi) is 5.95. The number of ether oxygens (including phenoxy) is 1. The van der Waals surface area contributed by atoms with Crippen LogP contribution in [0.25, 0.3) is 0 Å². The van der Waals surface area contributed by atoms with Crippen molar-refractivity contribution in [1.29, 1.82) is 0 Å². The van der Waals surface area contributed by atoms with Gasteiger partial charge in [0.25, 0.3) is 5.88 Å². The third-order valence-corrected chi connectivity index (χ3v) is 3.54. The van der Waals surface area contributed by atoms with Gasteiger partial charge in [-0.15, -0.1) is 0 Å². The number of hydrogen-bond donors (Lipinski definition) is 2. The number of amides is 1. The summed E-state index contributed by atoms with van der Waals surface area (Å²) >= 11 is 0. The van der Waals surface area contributed by atoms with Gasteiger partial charge in [-0.05, 0) is 17.6 Å². The molecule has 7 heteroatoms. The fraction of sp³-hybridized carbons (Fsp3) is 0.353. The summed E-state index contributed by atoms with van der Waals surface area (Å²) in [5, 5.41) is 15.5. The van der Waals surface area contributed by atoms with Crippen LogP contribution in [0.2, 0.25) is 0 Å². The van der Waals surface area contributed by atoms with Crippen LogP contribution in [0.1, 0.15) is 23.3 Å². The molecule has 0 fully saturated rings. The van der Waals surface area contributed by atoms with E-state index in [9.17, 15) is 14.7 Å². The Morgan fingerprint density at radius 1 is 1.33 bits per heavy atom. The third-order valence-electron chi connectivity index (χ3n) is 3.54. The van der Waals surface area contributed by atoms with Gasteiger partial charge in [-0.3, -0.25) is 4.79 Å². The summed E-state index contributed by atoms with van der Waals surface area (Å²) in [6, 6.07) is 8.16. The molecule has 0 saturated carbocycles. The highest BCUT2D eigenvalue weighted by molar-refractivity contribution is 5.83. The van der Waals surface area contributed by atoms with E-state index in [1.165, 1.54) is 7.11 Å². The topological polar surface area (TPSA) is 102 Å². The van der Waals surface area contributed by atoms with Crippen molar-refractivity contribution in [3.05, 3.63) is 47.2 Å². The minimum Gasteiger partial charge on any atom is -0.480 e. The summed E-state index contributed by atoms with van der Waals surface area (Å²) in [5.41, 5.74) is 1.95. The van der Waals surface area contributed by atoms with E-state index in [0.717, 1.165) is 11.1 Å². The maximum atomic E-state index is 12.0. The molecule has 0 saturated heterocycles. The molecule has 1 atom stereocenters. The standard InChI is InChI=1S/C17H20N2O5/c1-11-3-5-12(6-4-11)9-14(17(21)22)18-15(20)8-7-13-10-16(23-2)19-24-13/h3-6,10,14H,7-9H2,1-2H3,(H,18,20)(H,21,22)/t14-/m0/s1. The van der Waals surface area contributed by atoms with Crippen LogP contribution in [0.15, 0.2) is 34.9 Å². The van der Waals surface area contributed by atoms with Crippen LogP contribution in [0.3, 0.4) is 0 Å². The maximum Gasteiger partial charge on any atom is 0.326 e. The fourth-order valence-corrected chi connectivity index (χ4v) is 2.17. The van der Waals surface area contributed by atoms with Gasteiger partial charge in [0.15, 0.2) is 0 Å². The SMILES string of the molecule is COc1cc(CCC(=O)N[C@@H](Cc2ccc(C)cc2)C(=O)O)on1. The first kappa shape index (κ1) is 17.5. The zero-order valence-corrected chi connectivity index (χ0v) is 13.6. The molecule has 1 aromatic carbocycles. The van der Waals surface area contributed by atoms with Crippen molar-refractivity contribution in [1.82, 2.24) is 10.5 Å². The van der Waals surface area contributed by atoms with Gasteiger partial charge in [-0.2, -0.15) is 0 Å². The molecule has 1 heterocycles. The molecule has 0 radical (unpaired) electrons. The lowest BCUT2D eigenvalue weighted by Crippen LogP contribution is -2.42. The normalized spacial score (nSPS) is 11.8. The Bertz CT molecular complexity index is 693. The number of carboxylic acids is 1. The molecule has 24 heavy (non-hydrogen) atoms. The van der Waals surface area contributed by atoms with E-state index >= 15 is 0 Å². The van der Waals surface area contributed by atoms with E-state index in [-0.39, 0.29) is 18.7 Å². The lowest BCUT2D eigenvalue weighted by atomic mass is 10.0. The van der Waals surface area contributed by atoms with Gasteiger partial charge >= 0.3 is 5.97 Å². The van der Waals surface area contributed by atoms with E-state index in [1.807, 2.05) is 31.2 Å². The second-order valence-electron chi connectivity index (χ2n) is 5.48. The zero-order valence-electron chi connectivity index (χ0n) is 13.6. The number of aromatic nitrogens is 1. The number of nitrogens with zero attached hydrogens (tertiary/aromatic N) is 1. The summed E-state index contributed by atoms with van der Waals surface area (Å²) in [6.07, 6.45) is 0.659. The van der Waals surface area contributed by atoms with Gasteiger partial charge in [-0.1, -0.05) is 29.8 Å². The van der Waals surface area contributed by atoms with Crippen LogP contribution in [-0.2, 0) is 22.4 Å². The molecular formula is C17H20N2O5. The minimum atomic E-state index is -1.06. The number of carboxylic acid groups (broad SMARTS) is 1. The smallest absolute Gasteiger partial charge is 0.326 e. The van der Waals surface area contributed by atoms with Crippen molar-refractivity contribution in [2.45, 2.75) is 32.2 Å². The molecule has 1 aromatic heterocycles. The number of carbonyl (C=O) groups is 2. The second-order valence-corrected chi connectivity index (χ2v) is 5.48. The van der Waals surface area contributed by atoms with Crippen LogP contribution in [0.5, 0.6) is 5.88 Å². The predicted octanol–water partition coefficient (Wildman–Crippen LogP) is 1.74. The summed E-state index contributed by atoms with van der Waals surface area (Å²) in [5.74, 6) is -0.573. The Hall–Kier alpha value is -2.83. The second kappa shape index (κ2) is 8.14. The average molecular weight is 332 g/mol. The van der Waals surface area contributed by atoms with Gasteiger partial charge in [0.05, 0.1) is 7.11 Å². The summed E-state index contributed by atoms with van der Waals surface area (Å²) in [4.78, 5) is 23.3. The predicted molar refractivity (Wildman–Crippen MR) is 85.8 cm³/mol.